The second-order valence-electron chi connectivity index (χ2n) is 5.63. The molecule has 2 heterocycles. The summed E-state index contributed by atoms with van der Waals surface area (Å²) in [5.74, 6) is 0.814. The van der Waals surface area contributed by atoms with Gasteiger partial charge in [0.15, 0.2) is 0 Å². The molecule has 0 spiro atoms. The summed E-state index contributed by atoms with van der Waals surface area (Å²) in [7, 11) is 0. The number of piperidine rings is 1. The minimum atomic E-state index is 0.203. The Bertz CT molecular complexity index is 476. The maximum Gasteiger partial charge on any atom is 0.264 e. The van der Waals surface area contributed by atoms with E-state index in [9.17, 15) is 4.79 Å². The van der Waals surface area contributed by atoms with Crippen LogP contribution >= 0.6 is 43.2 Å². The van der Waals surface area contributed by atoms with Crippen LogP contribution in [0.4, 0.5) is 0 Å². The molecule has 1 aliphatic carbocycles. The Hall–Kier alpha value is 0.0900. The van der Waals surface area contributed by atoms with Crippen LogP contribution in [0.2, 0.25) is 0 Å². The Balaban J connectivity index is 1.71. The van der Waals surface area contributed by atoms with Gasteiger partial charge in [-0.1, -0.05) is 0 Å². The molecule has 0 bridgehead atoms. The lowest BCUT2D eigenvalue weighted by atomic mass is 9.99. The molecule has 3 rings (SSSR count). The van der Waals surface area contributed by atoms with E-state index in [1.165, 1.54) is 37.0 Å². The first-order valence-corrected chi connectivity index (χ1v) is 9.52. The summed E-state index contributed by atoms with van der Waals surface area (Å²) >= 11 is 8.46. The van der Waals surface area contributed by atoms with Crippen molar-refractivity contribution in [2.45, 2.75) is 31.7 Å². The van der Waals surface area contributed by atoms with Crippen molar-refractivity contribution in [3.05, 3.63) is 19.2 Å². The first-order chi connectivity index (χ1) is 9.65. The summed E-state index contributed by atoms with van der Waals surface area (Å²) in [6.07, 6.45) is 4.80. The molecule has 20 heavy (non-hydrogen) atoms. The first kappa shape index (κ1) is 15.0. The molecule has 1 saturated carbocycles. The van der Waals surface area contributed by atoms with E-state index in [4.69, 9.17) is 0 Å². The van der Waals surface area contributed by atoms with Crippen molar-refractivity contribution in [1.82, 2.24) is 10.2 Å². The minimum absolute atomic E-state index is 0.203. The van der Waals surface area contributed by atoms with Gasteiger partial charge < -0.3 is 10.2 Å². The van der Waals surface area contributed by atoms with Crippen molar-refractivity contribution < 1.29 is 4.79 Å². The number of hydrogen-bond donors (Lipinski definition) is 1. The van der Waals surface area contributed by atoms with E-state index in [0.717, 1.165) is 32.8 Å². The van der Waals surface area contributed by atoms with Crippen molar-refractivity contribution in [3.63, 3.8) is 0 Å². The summed E-state index contributed by atoms with van der Waals surface area (Å²) < 4.78 is 1.97. The molecule has 2 aliphatic rings. The zero-order chi connectivity index (χ0) is 14.1. The van der Waals surface area contributed by atoms with Crippen LogP contribution < -0.4 is 5.32 Å². The van der Waals surface area contributed by atoms with Crippen molar-refractivity contribution in [2.24, 2.45) is 5.92 Å². The highest BCUT2D eigenvalue weighted by molar-refractivity contribution is 9.13. The number of nitrogens with one attached hydrogen (secondary N) is 1. The third-order valence-electron chi connectivity index (χ3n) is 3.96. The van der Waals surface area contributed by atoms with Crippen molar-refractivity contribution in [1.29, 1.82) is 0 Å². The van der Waals surface area contributed by atoms with Crippen LogP contribution in [0.15, 0.2) is 14.3 Å². The van der Waals surface area contributed by atoms with Gasteiger partial charge in [0.25, 0.3) is 5.91 Å². The molecule has 1 amide bonds. The topological polar surface area (TPSA) is 32.3 Å². The van der Waals surface area contributed by atoms with Crippen LogP contribution in [0.5, 0.6) is 0 Å². The molecule has 3 nitrogen and oxygen atoms in total. The van der Waals surface area contributed by atoms with Crippen LogP contribution in [-0.4, -0.2) is 36.5 Å². The summed E-state index contributed by atoms with van der Waals surface area (Å²) in [6, 6.07) is 2.41. The van der Waals surface area contributed by atoms with Gasteiger partial charge in [-0.15, -0.1) is 11.3 Å². The maximum absolute atomic E-state index is 12.7. The quantitative estimate of drug-likeness (QED) is 0.799. The predicted molar refractivity (Wildman–Crippen MR) is 89.4 cm³/mol. The SMILES string of the molecule is O=C(c1cc(Br)c(Br)s1)N(CC1CCCNC1)C1CC1. The maximum atomic E-state index is 12.7. The van der Waals surface area contributed by atoms with Gasteiger partial charge in [0.05, 0.1) is 8.66 Å². The van der Waals surface area contributed by atoms with Gasteiger partial charge in [0.1, 0.15) is 0 Å². The molecule has 2 fully saturated rings. The molecule has 0 aromatic carbocycles. The van der Waals surface area contributed by atoms with Crippen molar-refractivity contribution in [2.75, 3.05) is 19.6 Å². The molecule has 1 aromatic heterocycles. The number of thiophene rings is 1. The first-order valence-electron chi connectivity index (χ1n) is 7.11. The molecular formula is C14H18Br2N2OS. The standard InChI is InChI=1S/C14H18Br2N2OS/c15-11-6-12(20-13(11)16)14(19)18(10-3-4-10)8-9-2-1-5-17-7-9/h6,9-10,17H,1-5,7-8H2. The van der Waals surface area contributed by atoms with Crippen LogP contribution in [0.25, 0.3) is 0 Å². The molecule has 1 aliphatic heterocycles. The fourth-order valence-electron chi connectivity index (χ4n) is 2.74. The van der Waals surface area contributed by atoms with Crippen molar-refractivity contribution in [3.8, 4) is 0 Å². The average molecular weight is 422 g/mol. The highest BCUT2D eigenvalue weighted by Crippen LogP contribution is 2.36. The lowest BCUT2D eigenvalue weighted by Crippen LogP contribution is -2.42. The van der Waals surface area contributed by atoms with Gasteiger partial charge in [0.2, 0.25) is 0 Å². The third kappa shape index (κ3) is 3.46. The Morgan fingerprint density at radius 2 is 2.20 bits per heavy atom. The van der Waals surface area contributed by atoms with E-state index in [1.807, 2.05) is 6.07 Å². The van der Waals surface area contributed by atoms with Crippen LogP contribution in [0.1, 0.15) is 35.4 Å². The van der Waals surface area contributed by atoms with Gasteiger partial charge in [-0.2, -0.15) is 0 Å². The van der Waals surface area contributed by atoms with E-state index >= 15 is 0 Å². The number of carbonyl (C=O) groups excluding carboxylic acids is 1. The van der Waals surface area contributed by atoms with E-state index < -0.39 is 0 Å². The monoisotopic (exact) mass is 420 g/mol. The molecule has 1 saturated heterocycles. The van der Waals surface area contributed by atoms with Gasteiger partial charge in [-0.05, 0) is 82.6 Å². The second kappa shape index (κ2) is 6.46. The smallest absolute Gasteiger partial charge is 0.264 e. The number of hydrogen-bond acceptors (Lipinski definition) is 3. The second-order valence-corrected chi connectivity index (χ2v) is 8.86. The van der Waals surface area contributed by atoms with Gasteiger partial charge in [-0.3, -0.25) is 4.79 Å². The van der Waals surface area contributed by atoms with E-state index in [1.54, 1.807) is 0 Å². The molecule has 110 valence electrons. The fourth-order valence-corrected chi connectivity index (χ4v) is 4.73. The van der Waals surface area contributed by atoms with Crippen molar-refractivity contribution >= 4 is 49.1 Å². The molecule has 0 radical (unpaired) electrons. The zero-order valence-electron chi connectivity index (χ0n) is 11.2. The Morgan fingerprint density at radius 3 is 2.75 bits per heavy atom. The van der Waals surface area contributed by atoms with E-state index in [-0.39, 0.29) is 5.91 Å². The number of carbonyl (C=O) groups is 1. The van der Waals surface area contributed by atoms with Gasteiger partial charge in [-0.25, -0.2) is 0 Å². The third-order valence-corrected chi connectivity index (χ3v) is 7.20. The fraction of sp³-hybridized carbons (Fsp3) is 0.643. The highest BCUT2D eigenvalue weighted by atomic mass is 79.9. The number of nitrogens with zero attached hydrogens (tertiary/aromatic N) is 1. The van der Waals surface area contributed by atoms with E-state index in [2.05, 4.69) is 42.1 Å². The highest BCUT2D eigenvalue weighted by Gasteiger charge is 2.35. The molecular weight excluding hydrogens is 404 g/mol. The molecule has 1 N–H and O–H groups in total. The summed E-state index contributed by atoms with van der Waals surface area (Å²) in [4.78, 5) is 15.7. The molecule has 1 unspecified atom stereocenters. The summed E-state index contributed by atoms with van der Waals surface area (Å²) in [5.41, 5.74) is 0. The molecule has 1 atom stereocenters. The number of halogens is 2. The molecule has 1 aromatic rings. The lowest BCUT2D eigenvalue weighted by Gasteiger charge is -2.30. The Morgan fingerprint density at radius 1 is 1.40 bits per heavy atom. The van der Waals surface area contributed by atoms with Gasteiger partial charge >= 0.3 is 0 Å². The number of amides is 1. The predicted octanol–water partition coefficient (Wildman–Crippen LogP) is 3.88. The summed E-state index contributed by atoms with van der Waals surface area (Å²) in [5, 5.41) is 3.44. The zero-order valence-corrected chi connectivity index (χ0v) is 15.2. The Labute approximate surface area is 140 Å². The molecule has 6 heteroatoms. The van der Waals surface area contributed by atoms with Gasteiger partial charge in [0, 0.05) is 17.1 Å². The lowest BCUT2D eigenvalue weighted by molar-refractivity contribution is 0.0709. The normalized spacial score (nSPS) is 22.8. The average Bonchev–Trinajstić information content (AvgIpc) is 3.23. The van der Waals surface area contributed by atoms with E-state index in [0.29, 0.717) is 12.0 Å². The minimum Gasteiger partial charge on any atom is -0.335 e. The Kier molecular flexibility index (Phi) is 4.85. The van der Waals surface area contributed by atoms with Crippen LogP contribution in [0.3, 0.4) is 0 Å². The number of rotatable bonds is 4. The van der Waals surface area contributed by atoms with Crippen LogP contribution in [-0.2, 0) is 0 Å². The summed E-state index contributed by atoms with van der Waals surface area (Å²) in [6.45, 7) is 3.08. The largest absolute Gasteiger partial charge is 0.335 e. The van der Waals surface area contributed by atoms with Crippen LogP contribution in [0, 0.1) is 5.92 Å².